The van der Waals surface area contributed by atoms with Crippen LogP contribution in [0.2, 0.25) is 0 Å². The van der Waals surface area contributed by atoms with Crippen molar-refractivity contribution < 1.29 is 19.1 Å². The van der Waals surface area contributed by atoms with Crippen LogP contribution in [0.1, 0.15) is 39.5 Å². The zero-order chi connectivity index (χ0) is 20.9. The largest absolute Gasteiger partial charge is 0.462 e. The van der Waals surface area contributed by atoms with Crippen LogP contribution in [0.5, 0.6) is 0 Å². The number of nitrogens with zero attached hydrogens (tertiary/aromatic N) is 3. The van der Waals surface area contributed by atoms with Crippen molar-refractivity contribution in [3.05, 3.63) is 48.6 Å². The van der Waals surface area contributed by atoms with Crippen molar-refractivity contribution in [3.8, 4) is 11.4 Å². The van der Waals surface area contributed by atoms with Crippen LogP contribution in [0.15, 0.2) is 48.6 Å². The first-order chi connectivity index (χ1) is 14.2. The van der Waals surface area contributed by atoms with E-state index in [1.54, 1.807) is 36.8 Å². The number of rotatable bonds is 11. The van der Waals surface area contributed by atoms with Gasteiger partial charge in [-0.25, -0.2) is 19.6 Å². The highest BCUT2D eigenvalue weighted by Crippen LogP contribution is 2.15. The molecule has 0 saturated heterocycles. The zero-order valence-electron chi connectivity index (χ0n) is 16.8. The van der Waals surface area contributed by atoms with E-state index in [0.29, 0.717) is 11.6 Å². The van der Waals surface area contributed by atoms with Gasteiger partial charge in [0.15, 0.2) is 11.4 Å². The Balaban J connectivity index is 2.15. The van der Waals surface area contributed by atoms with Gasteiger partial charge in [0, 0.05) is 30.4 Å². The molecular weight excluding hydrogens is 372 g/mol. The van der Waals surface area contributed by atoms with Crippen LogP contribution in [0, 0.1) is 0 Å². The number of pyridine rings is 1. The van der Waals surface area contributed by atoms with E-state index in [1.165, 1.54) is 6.20 Å². The molecule has 0 aromatic carbocycles. The molecule has 0 atom stereocenters. The van der Waals surface area contributed by atoms with Crippen molar-refractivity contribution in [1.29, 1.82) is 0 Å². The SMILES string of the molecule is CCCCOC(=O)C(=CNc1ccnc(-c2ccncc2)n1)C(=O)OCCCC. The molecule has 0 saturated carbocycles. The molecule has 0 spiro atoms. The summed E-state index contributed by atoms with van der Waals surface area (Å²) in [4.78, 5) is 37.2. The molecule has 0 aliphatic rings. The molecule has 2 rings (SSSR count). The number of nitrogens with one attached hydrogen (secondary N) is 1. The second kappa shape index (κ2) is 12.2. The number of unbranched alkanes of at least 4 members (excludes halogenated alkanes) is 2. The minimum atomic E-state index is -0.726. The lowest BCUT2D eigenvalue weighted by Crippen LogP contribution is -2.20. The third-order valence-electron chi connectivity index (χ3n) is 3.86. The smallest absolute Gasteiger partial charge is 0.347 e. The number of carbonyl (C=O) groups excluding carboxylic acids is 2. The summed E-state index contributed by atoms with van der Waals surface area (Å²) in [6.45, 7) is 4.46. The van der Waals surface area contributed by atoms with Gasteiger partial charge < -0.3 is 14.8 Å². The van der Waals surface area contributed by atoms with Gasteiger partial charge in [-0.05, 0) is 31.0 Å². The Bertz CT molecular complexity index is 800. The van der Waals surface area contributed by atoms with E-state index in [4.69, 9.17) is 9.47 Å². The van der Waals surface area contributed by atoms with Crippen molar-refractivity contribution in [2.75, 3.05) is 18.5 Å². The highest BCUT2D eigenvalue weighted by molar-refractivity contribution is 6.14. The van der Waals surface area contributed by atoms with Crippen LogP contribution < -0.4 is 5.32 Å². The topological polar surface area (TPSA) is 103 Å². The first-order valence-electron chi connectivity index (χ1n) is 9.70. The lowest BCUT2D eigenvalue weighted by molar-refractivity contribution is -0.147. The Kier molecular flexibility index (Phi) is 9.28. The molecule has 0 aliphatic carbocycles. The van der Waals surface area contributed by atoms with Crippen LogP contribution in [-0.2, 0) is 19.1 Å². The van der Waals surface area contributed by atoms with Crippen molar-refractivity contribution >= 4 is 17.8 Å². The first-order valence-corrected chi connectivity index (χ1v) is 9.70. The average Bonchev–Trinajstić information content (AvgIpc) is 2.75. The molecule has 1 N–H and O–H groups in total. The van der Waals surface area contributed by atoms with Crippen molar-refractivity contribution in [2.24, 2.45) is 0 Å². The molecule has 8 heteroatoms. The van der Waals surface area contributed by atoms with E-state index >= 15 is 0 Å². The fourth-order valence-corrected chi connectivity index (χ4v) is 2.20. The molecule has 0 aliphatic heterocycles. The zero-order valence-corrected chi connectivity index (χ0v) is 16.8. The quantitative estimate of drug-likeness (QED) is 0.202. The predicted octanol–water partition coefficient (Wildman–Crippen LogP) is 3.52. The molecule has 0 fully saturated rings. The van der Waals surface area contributed by atoms with Crippen molar-refractivity contribution in [3.63, 3.8) is 0 Å². The Morgan fingerprint density at radius 2 is 1.59 bits per heavy atom. The maximum Gasteiger partial charge on any atom is 0.347 e. The molecule has 154 valence electrons. The number of esters is 2. The van der Waals surface area contributed by atoms with E-state index in [1.807, 2.05) is 13.8 Å². The van der Waals surface area contributed by atoms with Crippen LogP contribution in [0.25, 0.3) is 11.4 Å². The monoisotopic (exact) mass is 398 g/mol. The van der Waals surface area contributed by atoms with E-state index < -0.39 is 11.9 Å². The van der Waals surface area contributed by atoms with Crippen LogP contribution >= 0.6 is 0 Å². The first kappa shape index (κ1) is 22.0. The summed E-state index contributed by atoms with van der Waals surface area (Å²) in [7, 11) is 0. The lowest BCUT2D eigenvalue weighted by atomic mass is 10.2. The van der Waals surface area contributed by atoms with E-state index in [9.17, 15) is 9.59 Å². The third kappa shape index (κ3) is 7.33. The number of anilines is 1. The second-order valence-electron chi connectivity index (χ2n) is 6.18. The third-order valence-corrected chi connectivity index (χ3v) is 3.86. The highest BCUT2D eigenvalue weighted by Gasteiger charge is 2.21. The molecule has 2 heterocycles. The Morgan fingerprint density at radius 1 is 0.966 bits per heavy atom. The fourth-order valence-electron chi connectivity index (χ4n) is 2.20. The standard InChI is InChI=1S/C21H26N4O4/c1-3-5-13-28-20(26)17(21(27)29-14-6-4-2)15-24-18-9-12-23-19(25-18)16-7-10-22-11-8-16/h7-12,15H,3-6,13-14H2,1-2H3,(H,23,24,25). The number of ether oxygens (including phenoxy) is 2. The molecule has 0 bridgehead atoms. The normalized spacial score (nSPS) is 10.1. The van der Waals surface area contributed by atoms with Gasteiger partial charge in [0.2, 0.25) is 0 Å². The van der Waals surface area contributed by atoms with E-state index in [2.05, 4.69) is 20.3 Å². The summed E-state index contributed by atoms with van der Waals surface area (Å²) in [5, 5.41) is 2.87. The number of hydrogen-bond donors (Lipinski definition) is 1. The predicted molar refractivity (Wildman–Crippen MR) is 109 cm³/mol. The summed E-state index contributed by atoms with van der Waals surface area (Å²) in [5.41, 5.74) is 0.590. The van der Waals surface area contributed by atoms with Gasteiger partial charge in [0.05, 0.1) is 13.2 Å². The lowest BCUT2D eigenvalue weighted by Gasteiger charge is -2.09. The fraction of sp³-hybridized carbons (Fsp3) is 0.381. The number of carbonyl (C=O) groups is 2. The maximum atomic E-state index is 12.3. The summed E-state index contributed by atoms with van der Waals surface area (Å²) >= 11 is 0. The van der Waals surface area contributed by atoms with Gasteiger partial charge in [0.1, 0.15) is 5.82 Å². The van der Waals surface area contributed by atoms with E-state index in [0.717, 1.165) is 31.2 Å². The molecule has 8 nitrogen and oxygen atoms in total. The van der Waals surface area contributed by atoms with Gasteiger partial charge in [0.25, 0.3) is 0 Å². The number of aromatic nitrogens is 3. The molecule has 0 amide bonds. The Hall–Kier alpha value is -3.29. The average molecular weight is 398 g/mol. The molecule has 2 aromatic rings. The van der Waals surface area contributed by atoms with Crippen LogP contribution in [-0.4, -0.2) is 40.1 Å². The van der Waals surface area contributed by atoms with Crippen molar-refractivity contribution in [2.45, 2.75) is 39.5 Å². The van der Waals surface area contributed by atoms with Gasteiger partial charge in [-0.1, -0.05) is 26.7 Å². The molecule has 0 unspecified atom stereocenters. The van der Waals surface area contributed by atoms with E-state index in [-0.39, 0.29) is 18.8 Å². The summed E-state index contributed by atoms with van der Waals surface area (Å²) in [6.07, 6.45) is 9.34. The Labute approximate surface area is 170 Å². The van der Waals surface area contributed by atoms with Gasteiger partial charge in [-0.2, -0.15) is 0 Å². The van der Waals surface area contributed by atoms with Crippen molar-refractivity contribution in [1.82, 2.24) is 15.0 Å². The minimum absolute atomic E-state index is 0.207. The summed E-state index contributed by atoms with van der Waals surface area (Å²) < 4.78 is 10.3. The maximum absolute atomic E-state index is 12.3. The summed E-state index contributed by atoms with van der Waals surface area (Å²) in [5.74, 6) is -0.540. The molecular formula is C21H26N4O4. The highest BCUT2D eigenvalue weighted by atomic mass is 16.6. The Morgan fingerprint density at radius 3 is 2.17 bits per heavy atom. The van der Waals surface area contributed by atoms with Gasteiger partial charge >= 0.3 is 11.9 Å². The van der Waals surface area contributed by atoms with Gasteiger partial charge in [-0.15, -0.1) is 0 Å². The van der Waals surface area contributed by atoms with Crippen LogP contribution in [0.4, 0.5) is 5.82 Å². The minimum Gasteiger partial charge on any atom is -0.462 e. The molecule has 29 heavy (non-hydrogen) atoms. The second-order valence-corrected chi connectivity index (χ2v) is 6.18. The number of hydrogen-bond acceptors (Lipinski definition) is 8. The summed E-state index contributed by atoms with van der Waals surface area (Å²) in [6, 6.07) is 5.21. The molecule has 2 aromatic heterocycles. The van der Waals surface area contributed by atoms with Gasteiger partial charge in [-0.3, -0.25) is 4.98 Å². The van der Waals surface area contributed by atoms with Crippen LogP contribution in [0.3, 0.4) is 0 Å². The molecule has 0 radical (unpaired) electrons.